The van der Waals surface area contributed by atoms with Gasteiger partial charge in [0.1, 0.15) is 10.6 Å². The van der Waals surface area contributed by atoms with Crippen LogP contribution in [0.3, 0.4) is 0 Å². The zero-order chi connectivity index (χ0) is 13.0. The van der Waals surface area contributed by atoms with Crippen LogP contribution in [0.5, 0.6) is 0 Å². The second-order valence-corrected chi connectivity index (χ2v) is 5.21. The third kappa shape index (κ3) is 3.59. The fraction of sp³-hybridized carbons (Fsp3) is 0.636. The number of ether oxygens (including phenoxy) is 1. The Labute approximate surface area is 106 Å². The van der Waals surface area contributed by atoms with E-state index >= 15 is 0 Å². The van der Waals surface area contributed by atoms with Crippen molar-refractivity contribution < 1.29 is 9.53 Å². The van der Waals surface area contributed by atoms with Gasteiger partial charge < -0.3 is 15.8 Å². The number of aromatic nitrogens is 1. The SMILES string of the molecule is COC(=O)c1c(N)nsc1NC(C)CC(C)C. The molecule has 0 saturated carbocycles. The average molecular weight is 257 g/mol. The summed E-state index contributed by atoms with van der Waals surface area (Å²) in [5.74, 6) is 0.362. The van der Waals surface area contributed by atoms with Crippen molar-refractivity contribution in [3.05, 3.63) is 5.56 Å². The molecule has 1 heterocycles. The van der Waals surface area contributed by atoms with Gasteiger partial charge in [0.25, 0.3) is 0 Å². The molecule has 0 saturated heterocycles. The summed E-state index contributed by atoms with van der Waals surface area (Å²) in [7, 11) is 1.33. The Balaban J connectivity index is 2.81. The number of methoxy groups -OCH3 is 1. The van der Waals surface area contributed by atoms with Crippen molar-refractivity contribution in [2.24, 2.45) is 5.92 Å². The number of nitrogens with one attached hydrogen (secondary N) is 1. The number of hydrogen-bond donors (Lipinski definition) is 2. The third-order valence-electron chi connectivity index (χ3n) is 2.31. The molecule has 96 valence electrons. The van der Waals surface area contributed by atoms with E-state index in [2.05, 4.69) is 35.2 Å². The molecule has 0 radical (unpaired) electrons. The van der Waals surface area contributed by atoms with Crippen LogP contribution in [0.4, 0.5) is 10.8 Å². The van der Waals surface area contributed by atoms with Crippen LogP contribution in [0.2, 0.25) is 0 Å². The van der Waals surface area contributed by atoms with Gasteiger partial charge in [-0.2, -0.15) is 4.37 Å². The second kappa shape index (κ2) is 5.86. The van der Waals surface area contributed by atoms with E-state index in [1.807, 2.05) is 0 Å². The lowest BCUT2D eigenvalue weighted by molar-refractivity contribution is 0.0603. The summed E-state index contributed by atoms with van der Waals surface area (Å²) in [5.41, 5.74) is 5.99. The Kier molecular flexibility index (Phi) is 4.74. The van der Waals surface area contributed by atoms with E-state index in [0.717, 1.165) is 6.42 Å². The lowest BCUT2D eigenvalue weighted by Crippen LogP contribution is -2.18. The molecule has 0 fully saturated rings. The lowest BCUT2D eigenvalue weighted by atomic mass is 10.1. The van der Waals surface area contributed by atoms with Gasteiger partial charge in [-0.15, -0.1) is 0 Å². The summed E-state index contributed by atoms with van der Waals surface area (Å²) in [6.07, 6.45) is 1.01. The molecule has 0 aromatic carbocycles. The van der Waals surface area contributed by atoms with Crippen molar-refractivity contribution >= 4 is 28.3 Å². The van der Waals surface area contributed by atoms with E-state index in [1.165, 1.54) is 18.6 Å². The molecule has 1 unspecified atom stereocenters. The van der Waals surface area contributed by atoms with Crippen LogP contribution in [0.15, 0.2) is 0 Å². The molecular formula is C11H19N3O2S. The number of esters is 1. The monoisotopic (exact) mass is 257 g/mol. The Hall–Kier alpha value is -1.30. The molecule has 1 aromatic heterocycles. The van der Waals surface area contributed by atoms with Gasteiger partial charge in [-0.05, 0) is 30.8 Å². The highest BCUT2D eigenvalue weighted by Gasteiger charge is 2.21. The van der Waals surface area contributed by atoms with Crippen LogP contribution in [0.1, 0.15) is 37.6 Å². The number of nitrogens with two attached hydrogens (primary N) is 1. The van der Waals surface area contributed by atoms with Crippen LogP contribution < -0.4 is 11.1 Å². The smallest absolute Gasteiger partial charge is 0.344 e. The molecule has 0 aliphatic rings. The zero-order valence-electron chi connectivity index (χ0n) is 10.6. The quantitative estimate of drug-likeness (QED) is 0.792. The summed E-state index contributed by atoms with van der Waals surface area (Å²) >= 11 is 1.19. The van der Waals surface area contributed by atoms with Gasteiger partial charge in [-0.1, -0.05) is 13.8 Å². The van der Waals surface area contributed by atoms with Gasteiger partial charge >= 0.3 is 5.97 Å². The Morgan fingerprint density at radius 3 is 2.71 bits per heavy atom. The van der Waals surface area contributed by atoms with Gasteiger partial charge in [0.2, 0.25) is 0 Å². The van der Waals surface area contributed by atoms with E-state index in [4.69, 9.17) is 5.73 Å². The van der Waals surface area contributed by atoms with E-state index in [1.54, 1.807) is 0 Å². The van der Waals surface area contributed by atoms with Gasteiger partial charge in [-0.3, -0.25) is 0 Å². The minimum atomic E-state index is -0.449. The highest BCUT2D eigenvalue weighted by atomic mass is 32.1. The maximum Gasteiger partial charge on any atom is 0.344 e. The molecule has 3 N–H and O–H groups in total. The molecular weight excluding hydrogens is 238 g/mol. The first-order valence-electron chi connectivity index (χ1n) is 5.55. The maximum absolute atomic E-state index is 11.5. The highest BCUT2D eigenvalue weighted by molar-refractivity contribution is 7.11. The zero-order valence-corrected chi connectivity index (χ0v) is 11.4. The number of nitrogens with zero attached hydrogens (tertiary/aromatic N) is 1. The number of carbonyl (C=O) groups excluding carboxylic acids is 1. The summed E-state index contributed by atoms with van der Waals surface area (Å²) in [5, 5.41) is 3.94. The van der Waals surface area contributed by atoms with E-state index in [0.29, 0.717) is 16.5 Å². The molecule has 0 aliphatic carbocycles. The van der Waals surface area contributed by atoms with Gasteiger partial charge in [-0.25, -0.2) is 4.79 Å². The average Bonchev–Trinajstić information content (AvgIpc) is 2.57. The molecule has 5 nitrogen and oxygen atoms in total. The van der Waals surface area contributed by atoms with E-state index in [9.17, 15) is 4.79 Å². The van der Waals surface area contributed by atoms with Crippen molar-refractivity contribution in [3.8, 4) is 0 Å². The summed E-state index contributed by atoms with van der Waals surface area (Å²) in [6, 6.07) is 0.262. The first kappa shape index (κ1) is 13.8. The van der Waals surface area contributed by atoms with E-state index < -0.39 is 5.97 Å². The Bertz CT molecular complexity index is 390. The predicted octanol–water partition coefficient (Wildman–Crippen LogP) is 2.36. The third-order valence-corrected chi connectivity index (χ3v) is 3.10. The van der Waals surface area contributed by atoms with Crippen molar-refractivity contribution in [2.45, 2.75) is 33.2 Å². The van der Waals surface area contributed by atoms with Crippen molar-refractivity contribution in [1.82, 2.24) is 4.37 Å². The molecule has 1 atom stereocenters. The van der Waals surface area contributed by atoms with Crippen molar-refractivity contribution in [2.75, 3.05) is 18.2 Å². The number of hydrogen-bond acceptors (Lipinski definition) is 6. The topological polar surface area (TPSA) is 77.2 Å². The maximum atomic E-state index is 11.5. The van der Waals surface area contributed by atoms with E-state index in [-0.39, 0.29) is 11.9 Å². The van der Waals surface area contributed by atoms with Crippen LogP contribution in [-0.4, -0.2) is 23.5 Å². The normalized spacial score (nSPS) is 12.5. The molecule has 0 bridgehead atoms. The van der Waals surface area contributed by atoms with Gasteiger partial charge in [0.05, 0.1) is 7.11 Å². The molecule has 0 spiro atoms. The summed E-state index contributed by atoms with van der Waals surface area (Å²) < 4.78 is 8.66. The highest BCUT2D eigenvalue weighted by Crippen LogP contribution is 2.28. The molecule has 1 aromatic rings. The second-order valence-electron chi connectivity index (χ2n) is 4.44. The van der Waals surface area contributed by atoms with Crippen molar-refractivity contribution in [3.63, 3.8) is 0 Å². The first-order chi connectivity index (χ1) is 7.95. The predicted molar refractivity (Wildman–Crippen MR) is 70.4 cm³/mol. The van der Waals surface area contributed by atoms with Crippen LogP contribution >= 0.6 is 11.5 Å². The standard InChI is InChI=1S/C11H19N3O2S/c1-6(2)5-7(3)13-10-8(11(15)16-4)9(12)14-17-10/h6-7,13H,5H2,1-4H3,(H2,12,14). The summed E-state index contributed by atoms with van der Waals surface area (Å²) in [6.45, 7) is 6.37. The largest absolute Gasteiger partial charge is 0.465 e. The molecule has 1 rings (SSSR count). The summed E-state index contributed by atoms with van der Waals surface area (Å²) in [4.78, 5) is 11.5. The molecule has 0 aliphatic heterocycles. The minimum Gasteiger partial charge on any atom is -0.465 e. The van der Waals surface area contributed by atoms with Crippen LogP contribution in [0, 0.1) is 5.92 Å². The lowest BCUT2D eigenvalue weighted by Gasteiger charge is -2.16. The number of anilines is 2. The van der Waals surface area contributed by atoms with Gasteiger partial charge in [0, 0.05) is 6.04 Å². The minimum absolute atomic E-state index is 0.223. The fourth-order valence-corrected chi connectivity index (χ4v) is 2.50. The first-order valence-corrected chi connectivity index (χ1v) is 6.33. The van der Waals surface area contributed by atoms with Crippen LogP contribution in [0.25, 0.3) is 0 Å². The molecule has 0 amide bonds. The number of carbonyl (C=O) groups is 1. The fourth-order valence-electron chi connectivity index (χ4n) is 1.69. The van der Waals surface area contributed by atoms with Crippen molar-refractivity contribution in [1.29, 1.82) is 0 Å². The Morgan fingerprint density at radius 1 is 1.53 bits per heavy atom. The van der Waals surface area contributed by atoms with Gasteiger partial charge in [0.15, 0.2) is 5.82 Å². The Morgan fingerprint density at radius 2 is 2.18 bits per heavy atom. The molecule has 6 heteroatoms. The number of nitrogen functional groups attached to an aromatic ring is 1. The molecule has 17 heavy (non-hydrogen) atoms. The van der Waals surface area contributed by atoms with Crippen LogP contribution in [-0.2, 0) is 4.74 Å². The number of rotatable bonds is 5.